The third-order valence-electron chi connectivity index (χ3n) is 3.74. The molecule has 1 amide bonds. The Morgan fingerprint density at radius 1 is 1.19 bits per heavy atom. The van der Waals surface area contributed by atoms with Gasteiger partial charge in [0.05, 0.1) is 20.0 Å². The van der Waals surface area contributed by atoms with Crippen molar-refractivity contribution in [2.24, 2.45) is 0 Å². The first-order valence-corrected chi connectivity index (χ1v) is 7.96. The van der Waals surface area contributed by atoms with Gasteiger partial charge in [0, 0.05) is 6.42 Å². The maximum atomic E-state index is 12.3. The Bertz CT molecular complexity index is 896. The zero-order chi connectivity index (χ0) is 18.4. The standard InChI is InChI=1S/C17H18N6O3/c1-26-17(25)12(7-11-5-3-2-4-6-11)23-13(24)8-18-15-14-16(20-9-19-14)22-10-21-15/h2-6,9-10,12H,7-8H2,1H3,(H,23,24)(H2,18,19,20,21,22)/t12-/m0/s1. The van der Waals surface area contributed by atoms with E-state index < -0.39 is 12.0 Å². The summed E-state index contributed by atoms with van der Waals surface area (Å²) in [6, 6.07) is 8.63. The van der Waals surface area contributed by atoms with Gasteiger partial charge >= 0.3 is 5.97 Å². The summed E-state index contributed by atoms with van der Waals surface area (Å²) < 4.78 is 4.79. The highest BCUT2D eigenvalue weighted by atomic mass is 16.5. The highest BCUT2D eigenvalue weighted by Crippen LogP contribution is 2.13. The molecule has 0 radical (unpaired) electrons. The molecule has 9 nitrogen and oxygen atoms in total. The molecule has 0 aliphatic carbocycles. The van der Waals surface area contributed by atoms with Crippen LogP contribution in [0.3, 0.4) is 0 Å². The van der Waals surface area contributed by atoms with E-state index in [1.807, 2.05) is 30.3 Å². The second-order valence-corrected chi connectivity index (χ2v) is 5.51. The minimum absolute atomic E-state index is 0.0621. The first kappa shape index (κ1) is 17.3. The second kappa shape index (κ2) is 8.06. The lowest BCUT2D eigenvalue weighted by molar-refractivity contribution is -0.144. The molecule has 134 valence electrons. The summed E-state index contributed by atoms with van der Waals surface area (Å²) in [5.74, 6) is -0.400. The summed E-state index contributed by atoms with van der Waals surface area (Å²) in [5, 5.41) is 5.60. The number of methoxy groups -OCH3 is 1. The van der Waals surface area contributed by atoms with Crippen LogP contribution in [0, 0.1) is 0 Å². The van der Waals surface area contributed by atoms with E-state index in [-0.39, 0.29) is 12.5 Å². The van der Waals surface area contributed by atoms with E-state index >= 15 is 0 Å². The molecule has 1 atom stereocenters. The zero-order valence-electron chi connectivity index (χ0n) is 14.1. The van der Waals surface area contributed by atoms with Crippen molar-refractivity contribution >= 4 is 28.9 Å². The minimum atomic E-state index is -0.769. The highest BCUT2D eigenvalue weighted by molar-refractivity contribution is 5.89. The summed E-state index contributed by atoms with van der Waals surface area (Å²) in [5.41, 5.74) is 2.03. The van der Waals surface area contributed by atoms with Crippen molar-refractivity contribution in [1.29, 1.82) is 0 Å². The Morgan fingerprint density at radius 3 is 2.77 bits per heavy atom. The van der Waals surface area contributed by atoms with Gasteiger partial charge in [-0.2, -0.15) is 0 Å². The monoisotopic (exact) mass is 354 g/mol. The number of aromatic amines is 1. The topological polar surface area (TPSA) is 122 Å². The predicted molar refractivity (Wildman–Crippen MR) is 94.3 cm³/mol. The van der Waals surface area contributed by atoms with E-state index in [1.165, 1.54) is 19.8 Å². The SMILES string of the molecule is COC(=O)[C@H](Cc1ccccc1)NC(=O)CNc1ncnc2nc[nH]c12. The summed E-state index contributed by atoms with van der Waals surface area (Å²) in [4.78, 5) is 39.3. The predicted octanol–water partition coefficient (Wildman–Crippen LogP) is 0.665. The van der Waals surface area contributed by atoms with E-state index in [4.69, 9.17) is 4.74 Å². The van der Waals surface area contributed by atoms with E-state index in [1.54, 1.807) is 0 Å². The van der Waals surface area contributed by atoms with Crippen LogP contribution in [0.25, 0.3) is 11.2 Å². The van der Waals surface area contributed by atoms with Crippen LogP contribution in [0.5, 0.6) is 0 Å². The van der Waals surface area contributed by atoms with Gasteiger partial charge in [0.1, 0.15) is 17.9 Å². The number of benzene rings is 1. The third-order valence-corrected chi connectivity index (χ3v) is 3.74. The summed E-state index contributed by atoms with van der Waals surface area (Å²) in [7, 11) is 1.29. The van der Waals surface area contributed by atoms with Gasteiger partial charge in [-0.25, -0.2) is 19.7 Å². The number of fused-ring (bicyclic) bond motifs is 1. The van der Waals surface area contributed by atoms with Crippen molar-refractivity contribution in [3.8, 4) is 0 Å². The van der Waals surface area contributed by atoms with Crippen molar-refractivity contribution in [1.82, 2.24) is 25.3 Å². The van der Waals surface area contributed by atoms with Gasteiger partial charge in [0.2, 0.25) is 5.91 Å². The number of nitrogens with zero attached hydrogens (tertiary/aromatic N) is 3. The number of rotatable bonds is 7. The number of hydrogen-bond acceptors (Lipinski definition) is 7. The van der Waals surface area contributed by atoms with Crippen LogP contribution in [-0.2, 0) is 20.7 Å². The smallest absolute Gasteiger partial charge is 0.328 e. The highest BCUT2D eigenvalue weighted by Gasteiger charge is 2.22. The van der Waals surface area contributed by atoms with Gasteiger partial charge in [-0.15, -0.1) is 0 Å². The van der Waals surface area contributed by atoms with Crippen LogP contribution in [0.1, 0.15) is 5.56 Å². The van der Waals surface area contributed by atoms with Crippen LogP contribution in [0.4, 0.5) is 5.82 Å². The van der Waals surface area contributed by atoms with Crippen LogP contribution in [0.15, 0.2) is 43.0 Å². The summed E-state index contributed by atoms with van der Waals surface area (Å²) in [6.45, 7) is -0.0621. The Balaban J connectivity index is 1.62. The Kier molecular flexibility index (Phi) is 5.37. The number of imidazole rings is 1. The number of ether oxygens (including phenoxy) is 1. The fraction of sp³-hybridized carbons (Fsp3) is 0.235. The average Bonchev–Trinajstić information content (AvgIpc) is 3.15. The molecule has 26 heavy (non-hydrogen) atoms. The molecule has 1 aromatic carbocycles. The largest absolute Gasteiger partial charge is 0.467 e. The number of carbonyl (C=O) groups excluding carboxylic acids is 2. The number of carbonyl (C=O) groups is 2. The van der Waals surface area contributed by atoms with E-state index in [9.17, 15) is 9.59 Å². The van der Waals surface area contributed by atoms with Gasteiger partial charge in [-0.05, 0) is 5.56 Å². The number of amides is 1. The Labute approximate surface area is 149 Å². The van der Waals surface area contributed by atoms with Crippen molar-refractivity contribution in [2.75, 3.05) is 19.0 Å². The van der Waals surface area contributed by atoms with E-state index in [0.29, 0.717) is 23.4 Å². The zero-order valence-corrected chi connectivity index (χ0v) is 14.1. The first-order chi connectivity index (χ1) is 12.7. The molecule has 0 bridgehead atoms. The molecule has 0 saturated heterocycles. The van der Waals surface area contributed by atoms with Crippen LogP contribution in [-0.4, -0.2) is 51.5 Å². The first-order valence-electron chi connectivity index (χ1n) is 7.96. The van der Waals surface area contributed by atoms with Crippen LogP contribution < -0.4 is 10.6 Å². The van der Waals surface area contributed by atoms with Gasteiger partial charge in [0.15, 0.2) is 11.5 Å². The normalized spacial score (nSPS) is 11.7. The number of nitrogens with one attached hydrogen (secondary N) is 3. The number of H-pyrrole nitrogens is 1. The Morgan fingerprint density at radius 2 is 2.00 bits per heavy atom. The summed E-state index contributed by atoms with van der Waals surface area (Å²) >= 11 is 0. The van der Waals surface area contributed by atoms with Gasteiger partial charge in [-0.3, -0.25) is 4.79 Å². The molecule has 3 rings (SSSR count). The number of esters is 1. The number of hydrogen-bond donors (Lipinski definition) is 3. The second-order valence-electron chi connectivity index (χ2n) is 5.51. The molecule has 3 aromatic rings. The molecule has 0 saturated carbocycles. The molecular weight excluding hydrogens is 336 g/mol. The van der Waals surface area contributed by atoms with Gasteiger partial charge < -0.3 is 20.4 Å². The van der Waals surface area contributed by atoms with Crippen molar-refractivity contribution in [3.05, 3.63) is 48.5 Å². The third kappa shape index (κ3) is 4.12. The van der Waals surface area contributed by atoms with Crippen LogP contribution >= 0.6 is 0 Å². The molecule has 0 spiro atoms. The molecule has 2 heterocycles. The van der Waals surface area contributed by atoms with Crippen molar-refractivity contribution < 1.29 is 14.3 Å². The fourth-order valence-corrected chi connectivity index (χ4v) is 2.49. The maximum absolute atomic E-state index is 12.3. The summed E-state index contributed by atoms with van der Waals surface area (Å²) in [6.07, 6.45) is 3.20. The molecule has 3 N–H and O–H groups in total. The van der Waals surface area contributed by atoms with Crippen molar-refractivity contribution in [3.63, 3.8) is 0 Å². The molecule has 0 aliphatic heterocycles. The minimum Gasteiger partial charge on any atom is -0.467 e. The number of anilines is 1. The van der Waals surface area contributed by atoms with Gasteiger partial charge in [-0.1, -0.05) is 30.3 Å². The molecule has 9 heteroatoms. The molecule has 0 unspecified atom stereocenters. The number of aromatic nitrogens is 4. The molecular formula is C17H18N6O3. The van der Waals surface area contributed by atoms with E-state index in [0.717, 1.165) is 5.56 Å². The lowest BCUT2D eigenvalue weighted by Crippen LogP contribution is -2.45. The fourth-order valence-electron chi connectivity index (χ4n) is 2.49. The van der Waals surface area contributed by atoms with E-state index in [2.05, 4.69) is 30.6 Å². The quantitative estimate of drug-likeness (QED) is 0.533. The van der Waals surface area contributed by atoms with Gasteiger partial charge in [0.25, 0.3) is 0 Å². The lowest BCUT2D eigenvalue weighted by atomic mass is 10.1. The molecule has 2 aromatic heterocycles. The lowest BCUT2D eigenvalue weighted by Gasteiger charge is -2.17. The van der Waals surface area contributed by atoms with Crippen LogP contribution in [0.2, 0.25) is 0 Å². The maximum Gasteiger partial charge on any atom is 0.328 e. The molecule has 0 fully saturated rings. The Hall–Kier alpha value is -3.49. The van der Waals surface area contributed by atoms with Crippen molar-refractivity contribution in [2.45, 2.75) is 12.5 Å². The average molecular weight is 354 g/mol. The molecule has 0 aliphatic rings.